The van der Waals surface area contributed by atoms with Gasteiger partial charge in [0.25, 0.3) is 0 Å². The van der Waals surface area contributed by atoms with Crippen LogP contribution in [0.4, 0.5) is 0 Å². The van der Waals surface area contributed by atoms with Crippen molar-refractivity contribution in [3.8, 4) is 0 Å². The lowest BCUT2D eigenvalue weighted by atomic mass is 10.3. The van der Waals surface area contributed by atoms with Gasteiger partial charge in [0, 0.05) is 31.4 Å². The molecule has 0 fully saturated rings. The Hall–Kier alpha value is -1.29. The third-order valence-electron chi connectivity index (χ3n) is 2.55. The molecule has 1 aromatic heterocycles. The number of aromatic nitrogens is 1. The van der Waals surface area contributed by atoms with Gasteiger partial charge in [0.05, 0.1) is 6.54 Å². The number of hydrogen-bond donors (Lipinski definition) is 2. The van der Waals surface area contributed by atoms with Gasteiger partial charge in [-0.2, -0.15) is 0 Å². The van der Waals surface area contributed by atoms with Crippen LogP contribution >= 0.6 is 0 Å². The third kappa shape index (κ3) is 3.40. The quantitative estimate of drug-likeness (QED) is 0.744. The van der Waals surface area contributed by atoms with E-state index in [-0.39, 0.29) is 5.91 Å². The monoisotopic (exact) mass is 209 g/mol. The first-order chi connectivity index (χ1) is 7.15. The maximum absolute atomic E-state index is 11.3. The van der Waals surface area contributed by atoms with Crippen LogP contribution in [-0.4, -0.2) is 24.1 Å². The summed E-state index contributed by atoms with van der Waals surface area (Å²) in [6, 6.07) is 4.09. The molecular weight excluding hydrogens is 190 g/mol. The van der Waals surface area contributed by atoms with Crippen molar-refractivity contribution in [2.45, 2.75) is 19.9 Å². The maximum atomic E-state index is 11.3. The molecule has 0 aliphatic carbocycles. The fourth-order valence-corrected chi connectivity index (χ4v) is 1.36. The van der Waals surface area contributed by atoms with Crippen molar-refractivity contribution in [1.29, 1.82) is 0 Å². The molecule has 1 rings (SSSR count). The number of nitrogens with zero attached hydrogens (tertiary/aromatic N) is 1. The van der Waals surface area contributed by atoms with E-state index in [1.54, 1.807) is 0 Å². The van der Waals surface area contributed by atoms with E-state index in [9.17, 15) is 4.79 Å². The molecule has 1 amide bonds. The van der Waals surface area contributed by atoms with E-state index < -0.39 is 0 Å². The Labute approximate surface area is 90.7 Å². The second-order valence-electron chi connectivity index (χ2n) is 3.66. The van der Waals surface area contributed by atoms with Crippen molar-refractivity contribution >= 4 is 5.91 Å². The molecule has 0 spiro atoms. The van der Waals surface area contributed by atoms with Crippen molar-refractivity contribution in [1.82, 2.24) is 15.2 Å². The summed E-state index contributed by atoms with van der Waals surface area (Å²) in [4.78, 5) is 11.3. The third-order valence-corrected chi connectivity index (χ3v) is 2.55. The van der Waals surface area contributed by atoms with Crippen LogP contribution in [0.3, 0.4) is 0 Å². The first-order valence-corrected chi connectivity index (χ1v) is 5.17. The predicted octanol–water partition coefficient (Wildman–Crippen LogP) is 0.559. The summed E-state index contributed by atoms with van der Waals surface area (Å²) in [5, 5.41) is 5.83. The Bertz CT molecular complexity index is 331. The molecule has 0 bridgehead atoms. The number of carbonyl (C=O) groups excluding carboxylic acids is 1. The highest BCUT2D eigenvalue weighted by molar-refractivity contribution is 5.75. The van der Waals surface area contributed by atoms with Crippen molar-refractivity contribution in [2.75, 3.05) is 13.6 Å². The zero-order valence-electron chi connectivity index (χ0n) is 9.63. The second kappa shape index (κ2) is 5.56. The first-order valence-electron chi connectivity index (χ1n) is 5.17. The zero-order valence-corrected chi connectivity index (χ0v) is 9.63. The van der Waals surface area contributed by atoms with E-state index in [0.717, 1.165) is 12.2 Å². The van der Waals surface area contributed by atoms with Crippen LogP contribution in [0.15, 0.2) is 12.1 Å². The average Bonchev–Trinajstić information content (AvgIpc) is 2.54. The van der Waals surface area contributed by atoms with Gasteiger partial charge in [0.1, 0.15) is 0 Å². The van der Waals surface area contributed by atoms with Gasteiger partial charge in [-0.1, -0.05) is 0 Å². The summed E-state index contributed by atoms with van der Waals surface area (Å²) < 4.78 is 2.08. The molecule has 84 valence electrons. The lowest BCUT2D eigenvalue weighted by Crippen LogP contribution is -2.26. The highest BCUT2D eigenvalue weighted by Crippen LogP contribution is 2.04. The van der Waals surface area contributed by atoms with Gasteiger partial charge in [-0.15, -0.1) is 0 Å². The first kappa shape index (κ1) is 11.8. The fourth-order valence-electron chi connectivity index (χ4n) is 1.36. The molecule has 0 aromatic carbocycles. The van der Waals surface area contributed by atoms with Gasteiger partial charge in [0.2, 0.25) is 5.91 Å². The summed E-state index contributed by atoms with van der Waals surface area (Å²) in [5.41, 5.74) is 2.33. The summed E-state index contributed by atoms with van der Waals surface area (Å²) in [7, 11) is 3.85. The van der Waals surface area contributed by atoms with Gasteiger partial charge in [0.15, 0.2) is 0 Å². The van der Waals surface area contributed by atoms with Gasteiger partial charge in [-0.3, -0.25) is 4.79 Å². The van der Waals surface area contributed by atoms with E-state index >= 15 is 0 Å². The highest BCUT2D eigenvalue weighted by atomic mass is 16.1. The molecule has 0 radical (unpaired) electrons. The molecule has 4 nitrogen and oxygen atoms in total. The average molecular weight is 209 g/mol. The van der Waals surface area contributed by atoms with Gasteiger partial charge < -0.3 is 15.2 Å². The van der Waals surface area contributed by atoms with Gasteiger partial charge in [-0.05, 0) is 26.1 Å². The summed E-state index contributed by atoms with van der Waals surface area (Å²) in [6.45, 7) is 3.37. The largest absolute Gasteiger partial charge is 0.350 e. The van der Waals surface area contributed by atoms with Crippen LogP contribution in [0.2, 0.25) is 0 Å². The Morgan fingerprint density at radius 1 is 1.47 bits per heavy atom. The molecule has 0 saturated carbocycles. The van der Waals surface area contributed by atoms with E-state index in [1.165, 1.54) is 5.69 Å². The van der Waals surface area contributed by atoms with Crippen molar-refractivity contribution in [3.05, 3.63) is 23.5 Å². The molecule has 0 atom stereocenters. The topological polar surface area (TPSA) is 46.1 Å². The summed E-state index contributed by atoms with van der Waals surface area (Å²) in [5.74, 6) is 0.0863. The molecule has 2 N–H and O–H groups in total. The minimum Gasteiger partial charge on any atom is -0.350 e. The van der Waals surface area contributed by atoms with Crippen LogP contribution in [0.1, 0.15) is 17.8 Å². The standard InChI is InChI=1S/C11H19N3O/c1-9-4-5-10(14(9)3)8-13-11(15)6-7-12-2/h4-5,12H,6-8H2,1-3H3,(H,13,15). The van der Waals surface area contributed by atoms with Gasteiger partial charge >= 0.3 is 0 Å². The van der Waals surface area contributed by atoms with Crippen LogP contribution < -0.4 is 10.6 Å². The van der Waals surface area contributed by atoms with Crippen LogP contribution in [-0.2, 0) is 18.4 Å². The maximum Gasteiger partial charge on any atom is 0.221 e. The SMILES string of the molecule is CNCCC(=O)NCc1ccc(C)n1C. The predicted molar refractivity (Wildman–Crippen MR) is 60.5 cm³/mol. The Balaban J connectivity index is 2.37. The number of nitrogens with one attached hydrogen (secondary N) is 2. The lowest BCUT2D eigenvalue weighted by molar-refractivity contribution is -0.121. The molecule has 0 unspecified atom stereocenters. The number of amides is 1. The Morgan fingerprint density at radius 2 is 2.20 bits per heavy atom. The van der Waals surface area contributed by atoms with Crippen LogP contribution in [0, 0.1) is 6.92 Å². The molecule has 1 aromatic rings. The lowest BCUT2D eigenvalue weighted by Gasteiger charge is -2.07. The van der Waals surface area contributed by atoms with Crippen molar-refractivity contribution < 1.29 is 4.79 Å². The number of rotatable bonds is 5. The molecule has 4 heteroatoms. The molecule has 15 heavy (non-hydrogen) atoms. The van der Waals surface area contributed by atoms with Crippen molar-refractivity contribution in [2.24, 2.45) is 7.05 Å². The van der Waals surface area contributed by atoms with Crippen LogP contribution in [0.5, 0.6) is 0 Å². The van der Waals surface area contributed by atoms with E-state index in [2.05, 4.69) is 21.3 Å². The zero-order chi connectivity index (χ0) is 11.3. The Kier molecular flexibility index (Phi) is 4.37. The second-order valence-corrected chi connectivity index (χ2v) is 3.66. The number of hydrogen-bond acceptors (Lipinski definition) is 2. The van der Waals surface area contributed by atoms with Gasteiger partial charge in [-0.25, -0.2) is 0 Å². The number of aryl methyl sites for hydroxylation is 1. The molecular formula is C11H19N3O. The van der Waals surface area contributed by atoms with E-state index in [0.29, 0.717) is 13.0 Å². The summed E-state index contributed by atoms with van der Waals surface area (Å²) >= 11 is 0. The van der Waals surface area contributed by atoms with Crippen LogP contribution in [0.25, 0.3) is 0 Å². The minimum absolute atomic E-state index is 0.0863. The van der Waals surface area contributed by atoms with E-state index in [1.807, 2.05) is 27.1 Å². The normalized spacial score (nSPS) is 10.3. The molecule has 0 saturated heterocycles. The number of carbonyl (C=O) groups is 1. The molecule has 0 aliphatic rings. The highest BCUT2D eigenvalue weighted by Gasteiger charge is 2.03. The Morgan fingerprint density at radius 3 is 2.73 bits per heavy atom. The molecule has 0 aliphatic heterocycles. The van der Waals surface area contributed by atoms with Crippen molar-refractivity contribution in [3.63, 3.8) is 0 Å². The minimum atomic E-state index is 0.0863. The fraction of sp³-hybridized carbons (Fsp3) is 0.545. The smallest absolute Gasteiger partial charge is 0.221 e. The van der Waals surface area contributed by atoms with E-state index in [4.69, 9.17) is 0 Å². The molecule has 1 heterocycles. The summed E-state index contributed by atoms with van der Waals surface area (Å²) in [6.07, 6.45) is 0.528.